The Morgan fingerprint density at radius 3 is 2.39 bits per heavy atom. The third kappa shape index (κ3) is 2.28. The molecular formula is C16H22N2. The molecule has 18 heavy (non-hydrogen) atoms. The molecule has 1 atom stereocenters. The fourth-order valence-corrected chi connectivity index (χ4v) is 2.95. The van der Waals surface area contributed by atoms with Crippen molar-refractivity contribution in [3.63, 3.8) is 0 Å². The first-order valence-corrected chi connectivity index (χ1v) is 6.93. The Morgan fingerprint density at radius 1 is 1.33 bits per heavy atom. The maximum atomic E-state index is 9.45. The molecule has 1 aliphatic carbocycles. The highest BCUT2D eigenvalue weighted by atomic mass is 14.9. The summed E-state index contributed by atoms with van der Waals surface area (Å²) < 4.78 is 0. The van der Waals surface area contributed by atoms with Crippen molar-refractivity contribution in [2.75, 3.05) is 7.05 Å². The van der Waals surface area contributed by atoms with Crippen LogP contribution < -0.4 is 5.32 Å². The van der Waals surface area contributed by atoms with Gasteiger partial charge in [0.15, 0.2) is 0 Å². The standard InChI is InChI=1S/C16H22N2/c1-3-5-13-6-8-14(9-7-13)15(18-2)16(12-17)10-4-11-16/h6-9,15,18H,3-5,10-11H2,1-2H3. The minimum absolute atomic E-state index is 0.173. The SMILES string of the molecule is CCCc1ccc(C(NC)C2(C#N)CCC2)cc1. The summed E-state index contributed by atoms with van der Waals surface area (Å²) in [5.41, 5.74) is 2.45. The van der Waals surface area contributed by atoms with E-state index in [0.29, 0.717) is 0 Å². The second kappa shape index (κ2) is 5.54. The maximum Gasteiger partial charge on any atom is 0.0768 e. The van der Waals surface area contributed by atoms with E-state index in [1.807, 2.05) is 7.05 Å². The molecule has 2 nitrogen and oxygen atoms in total. The van der Waals surface area contributed by atoms with Crippen molar-refractivity contribution >= 4 is 0 Å². The zero-order valence-electron chi connectivity index (χ0n) is 11.4. The number of benzene rings is 1. The largest absolute Gasteiger partial charge is 0.312 e. The number of nitriles is 1. The van der Waals surface area contributed by atoms with Gasteiger partial charge in [-0.1, -0.05) is 44.0 Å². The summed E-state index contributed by atoms with van der Waals surface area (Å²) in [4.78, 5) is 0. The van der Waals surface area contributed by atoms with Crippen LogP contribution in [0.25, 0.3) is 0 Å². The quantitative estimate of drug-likeness (QED) is 0.856. The molecule has 1 aromatic rings. The first-order valence-electron chi connectivity index (χ1n) is 6.93. The van der Waals surface area contributed by atoms with Crippen LogP contribution in [0.2, 0.25) is 0 Å². The number of nitrogens with one attached hydrogen (secondary N) is 1. The highest BCUT2D eigenvalue weighted by Crippen LogP contribution is 2.49. The Labute approximate surface area is 110 Å². The van der Waals surface area contributed by atoms with Crippen LogP contribution in [0.4, 0.5) is 0 Å². The smallest absolute Gasteiger partial charge is 0.0768 e. The van der Waals surface area contributed by atoms with Crippen LogP contribution in [0.5, 0.6) is 0 Å². The molecule has 0 aromatic heterocycles. The molecule has 1 aromatic carbocycles. The molecule has 1 unspecified atom stereocenters. The summed E-state index contributed by atoms with van der Waals surface area (Å²) in [6.07, 6.45) is 5.53. The lowest BCUT2D eigenvalue weighted by molar-refractivity contribution is 0.149. The fraction of sp³-hybridized carbons (Fsp3) is 0.562. The van der Waals surface area contributed by atoms with E-state index in [-0.39, 0.29) is 11.5 Å². The molecule has 0 aliphatic heterocycles. The van der Waals surface area contributed by atoms with Gasteiger partial charge in [0, 0.05) is 0 Å². The molecule has 2 rings (SSSR count). The number of hydrogen-bond acceptors (Lipinski definition) is 2. The molecule has 0 saturated heterocycles. The van der Waals surface area contributed by atoms with Crippen LogP contribution in [0.15, 0.2) is 24.3 Å². The van der Waals surface area contributed by atoms with Gasteiger partial charge in [-0.3, -0.25) is 0 Å². The lowest BCUT2D eigenvalue weighted by Gasteiger charge is -2.42. The summed E-state index contributed by atoms with van der Waals surface area (Å²) >= 11 is 0. The highest BCUT2D eigenvalue weighted by molar-refractivity contribution is 5.29. The van der Waals surface area contributed by atoms with E-state index >= 15 is 0 Å². The van der Waals surface area contributed by atoms with Crippen molar-refractivity contribution in [1.29, 1.82) is 5.26 Å². The summed E-state index contributed by atoms with van der Waals surface area (Å²) in [6.45, 7) is 2.20. The normalized spacial score (nSPS) is 18.7. The molecular weight excluding hydrogens is 220 g/mol. The van der Waals surface area contributed by atoms with Crippen molar-refractivity contribution < 1.29 is 0 Å². The summed E-state index contributed by atoms with van der Waals surface area (Å²) in [5, 5.41) is 12.8. The summed E-state index contributed by atoms with van der Waals surface area (Å²) in [7, 11) is 1.96. The van der Waals surface area contributed by atoms with E-state index in [9.17, 15) is 5.26 Å². The van der Waals surface area contributed by atoms with E-state index < -0.39 is 0 Å². The van der Waals surface area contributed by atoms with Crippen LogP contribution in [0.1, 0.15) is 49.8 Å². The van der Waals surface area contributed by atoms with E-state index in [0.717, 1.165) is 19.3 Å². The predicted molar refractivity (Wildman–Crippen MR) is 74.1 cm³/mol. The summed E-state index contributed by atoms with van der Waals surface area (Å²) in [6, 6.07) is 11.5. The molecule has 2 heteroatoms. The Hall–Kier alpha value is -1.33. The maximum absolute atomic E-state index is 9.45. The lowest BCUT2D eigenvalue weighted by atomic mass is 9.63. The van der Waals surface area contributed by atoms with E-state index in [1.54, 1.807) is 0 Å². The lowest BCUT2D eigenvalue weighted by Crippen LogP contribution is -2.40. The molecule has 1 aliphatic rings. The molecule has 1 saturated carbocycles. The molecule has 0 radical (unpaired) electrons. The molecule has 0 amide bonds. The van der Waals surface area contributed by atoms with Crippen LogP contribution in [0.3, 0.4) is 0 Å². The molecule has 1 N–H and O–H groups in total. The minimum atomic E-state index is -0.180. The van der Waals surface area contributed by atoms with E-state index in [2.05, 4.69) is 42.6 Å². The van der Waals surface area contributed by atoms with Gasteiger partial charge < -0.3 is 5.32 Å². The van der Waals surface area contributed by atoms with Gasteiger partial charge in [-0.25, -0.2) is 0 Å². The fourth-order valence-electron chi connectivity index (χ4n) is 2.95. The van der Waals surface area contributed by atoms with Crippen LogP contribution in [-0.2, 0) is 6.42 Å². The number of hydrogen-bond donors (Lipinski definition) is 1. The zero-order valence-corrected chi connectivity index (χ0v) is 11.4. The molecule has 1 fully saturated rings. The highest BCUT2D eigenvalue weighted by Gasteiger charge is 2.44. The predicted octanol–water partition coefficient (Wildman–Crippen LogP) is 3.59. The van der Waals surface area contributed by atoms with Gasteiger partial charge in [0.1, 0.15) is 0 Å². The van der Waals surface area contributed by atoms with Crippen LogP contribution in [0, 0.1) is 16.7 Å². The van der Waals surface area contributed by atoms with Crippen LogP contribution in [-0.4, -0.2) is 7.05 Å². The second-order valence-electron chi connectivity index (χ2n) is 5.33. The van der Waals surface area contributed by atoms with Gasteiger partial charge >= 0.3 is 0 Å². The Morgan fingerprint density at radius 2 is 2.00 bits per heavy atom. The first kappa shape index (κ1) is 13.1. The zero-order chi connectivity index (χ0) is 13.0. The van der Waals surface area contributed by atoms with E-state index in [4.69, 9.17) is 0 Å². The van der Waals surface area contributed by atoms with Crippen molar-refractivity contribution in [3.05, 3.63) is 35.4 Å². The van der Waals surface area contributed by atoms with Crippen molar-refractivity contribution in [3.8, 4) is 6.07 Å². The Bertz CT molecular complexity index is 423. The van der Waals surface area contributed by atoms with Gasteiger partial charge in [0.2, 0.25) is 0 Å². The Balaban J connectivity index is 2.20. The van der Waals surface area contributed by atoms with Gasteiger partial charge in [-0.2, -0.15) is 5.26 Å². The Kier molecular flexibility index (Phi) is 4.04. The first-order chi connectivity index (χ1) is 8.75. The van der Waals surface area contributed by atoms with Gasteiger partial charge in [0.25, 0.3) is 0 Å². The van der Waals surface area contributed by atoms with Gasteiger partial charge in [0.05, 0.1) is 17.5 Å². The minimum Gasteiger partial charge on any atom is -0.312 e. The topological polar surface area (TPSA) is 35.8 Å². The monoisotopic (exact) mass is 242 g/mol. The third-order valence-electron chi connectivity index (χ3n) is 4.16. The van der Waals surface area contributed by atoms with Crippen molar-refractivity contribution in [1.82, 2.24) is 5.32 Å². The molecule has 96 valence electrons. The van der Waals surface area contributed by atoms with Crippen molar-refractivity contribution in [2.45, 2.75) is 45.1 Å². The van der Waals surface area contributed by atoms with Crippen LogP contribution >= 0.6 is 0 Å². The molecule has 0 spiro atoms. The van der Waals surface area contributed by atoms with E-state index in [1.165, 1.54) is 24.0 Å². The average Bonchev–Trinajstić information content (AvgIpc) is 2.35. The number of rotatable bonds is 5. The summed E-state index contributed by atoms with van der Waals surface area (Å²) in [5.74, 6) is 0. The second-order valence-corrected chi connectivity index (χ2v) is 5.33. The molecule has 0 heterocycles. The average molecular weight is 242 g/mol. The van der Waals surface area contributed by atoms with Gasteiger partial charge in [-0.05, 0) is 37.4 Å². The van der Waals surface area contributed by atoms with Gasteiger partial charge in [-0.15, -0.1) is 0 Å². The third-order valence-corrected chi connectivity index (χ3v) is 4.16. The van der Waals surface area contributed by atoms with Crippen molar-refractivity contribution in [2.24, 2.45) is 5.41 Å². The molecule has 0 bridgehead atoms. The number of nitrogens with zero attached hydrogens (tertiary/aromatic N) is 1. The number of aryl methyl sites for hydroxylation is 1.